The second-order valence-electron chi connectivity index (χ2n) is 3.68. The first-order valence-electron chi connectivity index (χ1n) is 5.13. The van der Waals surface area contributed by atoms with E-state index in [0.29, 0.717) is 15.2 Å². The molecule has 0 radical (unpaired) electrons. The van der Waals surface area contributed by atoms with Gasteiger partial charge in [0.25, 0.3) is 10.0 Å². The molecule has 98 valence electrons. The van der Waals surface area contributed by atoms with Crippen molar-refractivity contribution in [1.82, 2.24) is 9.71 Å². The maximum absolute atomic E-state index is 12.0. The first-order chi connectivity index (χ1) is 8.50. The quantitative estimate of drug-likeness (QED) is 0.884. The maximum Gasteiger partial charge on any atom is 0.251 e. The van der Waals surface area contributed by atoms with Crippen LogP contribution in [0.3, 0.4) is 0 Å². The molecule has 0 amide bonds. The second-order valence-corrected chi connectivity index (χ2v) is 8.34. The zero-order valence-electron chi connectivity index (χ0n) is 9.46. The highest BCUT2D eigenvalue weighted by atomic mass is 79.9. The summed E-state index contributed by atoms with van der Waals surface area (Å²) in [4.78, 5) is 4.17. The summed E-state index contributed by atoms with van der Waals surface area (Å²) < 4.78 is 27.6. The van der Waals surface area contributed by atoms with Gasteiger partial charge in [0.15, 0.2) is 0 Å². The summed E-state index contributed by atoms with van der Waals surface area (Å²) in [5, 5.41) is 4.56. The zero-order valence-corrected chi connectivity index (χ0v) is 13.5. The summed E-state index contributed by atoms with van der Waals surface area (Å²) in [7, 11) is -3.44. The van der Waals surface area contributed by atoms with Crippen LogP contribution >= 0.6 is 38.6 Å². The van der Waals surface area contributed by atoms with Gasteiger partial charge in [-0.15, -0.1) is 22.7 Å². The van der Waals surface area contributed by atoms with E-state index >= 15 is 0 Å². The Bertz CT molecular complexity index is 607. The van der Waals surface area contributed by atoms with Crippen LogP contribution in [0.1, 0.15) is 17.8 Å². The Morgan fingerprint density at radius 3 is 2.78 bits per heavy atom. The van der Waals surface area contributed by atoms with E-state index in [1.54, 1.807) is 17.6 Å². The van der Waals surface area contributed by atoms with E-state index < -0.39 is 10.0 Å². The van der Waals surface area contributed by atoms with Crippen molar-refractivity contribution in [3.05, 3.63) is 32.5 Å². The Balaban J connectivity index is 2.04. The molecule has 2 aromatic heterocycles. The molecule has 0 saturated heterocycles. The number of nitrogens with one attached hydrogen (secondary N) is 1. The third-order valence-electron chi connectivity index (χ3n) is 2.28. The molecule has 4 nitrogen and oxygen atoms in total. The molecule has 1 N–H and O–H groups in total. The molecule has 1 atom stereocenters. The van der Waals surface area contributed by atoms with Gasteiger partial charge in [0, 0.05) is 28.5 Å². The summed E-state index contributed by atoms with van der Waals surface area (Å²) >= 11 is 5.95. The SMILES string of the molecule is CC(CNS(=O)(=O)c1sccc1Br)c1nccs1. The van der Waals surface area contributed by atoms with E-state index in [-0.39, 0.29) is 5.92 Å². The first-order valence-corrected chi connectivity index (χ1v) is 9.16. The number of hydrogen-bond donors (Lipinski definition) is 1. The standard InChI is InChI=1S/C10H11BrN2O2S3/c1-7(9-12-3-5-16-9)6-13-18(14,15)10-8(11)2-4-17-10/h2-5,7,13H,6H2,1H3. The summed E-state index contributed by atoms with van der Waals surface area (Å²) in [6, 6.07) is 1.73. The van der Waals surface area contributed by atoms with Gasteiger partial charge in [0.1, 0.15) is 4.21 Å². The molecule has 18 heavy (non-hydrogen) atoms. The van der Waals surface area contributed by atoms with Crippen molar-refractivity contribution in [3.8, 4) is 0 Å². The van der Waals surface area contributed by atoms with Crippen molar-refractivity contribution in [2.24, 2.45) is 0 Å². The zero-order chi connectivity index (χ0) is 13.2. The lowest BCUT2D eigenvalue weighted by Crippen LogP contribution is -2.27. The molecule has 0 aliphatic carbocycles. The predicted molar refractivity (Wildman–Crippen MR) is 77.7 cm³/mol. The van der Waals surface area contributed by atoms with Crippen LogP contribution in [0.5, 0.6) is 0 Å². The number of hydrogen-bond acceptors (Lipinski definition) is 5. The minimum absolute atomic E-state index is 0.0681. The summed E-state index contributed by atoms with van der Waals surface area (Å²) in [5.41, 5.74) is 0. The second kappa shape index (κ2) is 5.79. The van der Waals surface area contributed by atoms with Crippen molar-refractivity contribution < 1.29 is 8.42 Å². The molecule has 8 heteroatoms. The number of thiophene rings is 1. The van der Waals surface area contributed by atoms with Gasteiger partial charge in [-0.2, -0.15) is 0 Å². The van der Waals surface area contributed by atoms with Crippen molar-refractivity contribution in [2.75, 3.05) is 6.54 Å². The first kappa shape index (κ1) is 14.1. The van der Waals surface area contributed by atoms with Gasteiger partial charge in [-0.3, -0.25) is 0 Å². The van der Waals surface area contributed by atoms with Crippen LogP contribution in [0, 0.1) is 0 Å². The van der Waals surface area contributed by atoms with Crippen LogP contribution in [0.25, 0.3) is 0 Å². The highest BCUT2D eigenvalue weighted by Gasteiger charge is 2.20. The van der Waals surface area contributed by atoms with Gasteiger partial charge < -0.3 is 0 Å². The van der Waals surface area contributed by atoms with E-state index in [1.165, 1.54) is 22.7 Å². The van der Waals surface area contributed by atoms with Gasteiger partial charge in [-0.05, 0) is 27.4 Å². The number of rotatable bonds is 5. The smallest absolute Gasteiger partial charge is 0.249 e. The molecule has 2 aromatic rings. The predicted octanol–water partition coefficient (Wildman–Crippen LogP) is 3.05. The van der Waals surface area contributed by atoms with Gasteiger partial charge >= 0.3 is 0 Å². The monoisotopic (exact) mass is 366 g/mol. The third-order valence-corrected chi connectivity index (χ3v) is 7.38. The average molecular weight is 367 g/mol. The van der Waals surface area contributed by atoms with E-state index in [9.17, 15) is 8.42 Å². The van der Waals surface area contributed by atoms with Crippen molar-refractivity contribution in [2.45, 2.75) is 17.1 Å². The Morgan fingerprint density at radius 1 is 1.44 bits per heavy atom. The number of nitrogens with zero attached hydrogens (tertiary/aromatic N) is 1. The van der Waals surface area contributed by atoms with Gasteiger partial charge in [0.2, 0.25) is 0 Å². The van der Waals surface area contributed by atoms with Crippen LogP contribution in [0.15, 0.2) is 31.7 Å². The normalized spacial score (nSPS) is 13.7. The molecule has 0 saturated carbocycles. The Morgan fingerprint density at radius 2 is 2.22 bits per heavy atom. The Labute approximate surface area is 122 Å². The van der Waals surface area contributed by atoms with Gasteiger partial charge in [-0.1, -0.05) is 6.92 Å². The topological polar surface area (TPSA) is 59.1 Å². The number of aromatic nitrogens is 1. The highest BCUT2D eigenvalue weighted by molar-refractivity contribution is 9.10. The fraction of sp³-hybridized carbons (Fsp3) is 0.300. The fourth-order valence-electron chi connectivity index (χ4n) is 1.34. The van der Waals surface area contributed by atoms with Crippen LogP contribution in [-0.2, 0) is 10.0 Å². The molecule has 0 aliphatic rings. The van der Waals surface area contributed by atoms with Crippen LogP contribution in [0.2, 0.25) is 0 Å². The molecule has 0 fully saturated rings. The average Bonchev–Trinajstić information content (AvgIpc) is 2.96. The summed E-state index contributed by atoms with van der Waals surface area (Å²) in [6.07, 6.45) is 1.72. The molecule has 0 aromatic carbocycles. The largest absolute Gasteiger partial charge is 0.251 e. The van der Waals surface area contributed by atoms with E-state index in [1.807, 2.05) is 12.3 Å². The van der Waals surface area contributed by atoms with Crippen LogP contribution in [0.4, 0.5) is 0 Å². The van der Waals surface area contributed by atoms with Crippen molar-refractivity contribution in [1.29, 1.82) is 0 Å². The van der Waals surface area contributed by atoms with Crippen molar-refractivity contribution >= 4 is 48.6 Å². The van der Waals surface area contributed by atoms with Crippen LogP contribution in [-0.4, -0.2) is 19.9 Å². The number of halogens is 1. The maximum atomic E-state index is 12.0. The molecular weight excluding hydrogens is 356 g/mol. The lowest BCUT2D eigenvalue weighted by Gasteiger charge is -2.10. The Kier molecular flexibility index (Phi) is 4.54. The molecule has 2 rings (SSSR count). The molecule has 0 aliphatic heterocycles. The molecule has 1 unspecified atom stereocenters. The van der Waals surface area contributed by atoms with E-state index in [4.69, 9.17) is 0 Å². The molecule has 0 bridgehead atoms. The van der Waals surface area contributed by atoms with Gasteiger partial charge in [-0.25, -0.2) is 18.1 Å². The molecular formula is C10H11BrN2O2S3. The lowest BCUT2D eigenvalue weighted by molar-refractivity contribution is 0.576. The van der Waals surface area contributed by atoms with E-state index in [0.717, 1.165) is 5.01 Å². The molecule has 2 heterocycles. The third kappa shape index (κ3) is 3.18. The molecule has 0 spiro atoms. The number of sulfonamides is 1. The fourth-order valence-corrected chi connectivity index (χ4v) is 5.55. The minimum atomic E-state index is -3.44. The van der Waals surface area contributed by atoms with Gasteiger partial charge in [0.05, 0.1) is 5.01 Å². The summed E-state index contributed by atoms with van der Waals surface area (Å²) in [5.74, 6) is 0.0681. The lowest BCUT2D eigenvalue weighted by atomic mass is 10.2. The Hall–Kier alpha value is -0.280. The van der Waals surface area contributed by atoms with Crippen LogP contribution < -0.4 is 4.72 Å². The number of thiazole rings is 1. The minimum Gasteiger partial charge on any atom is -0.249 e. The summed E-state index contributed by atoms with van der Waals surface area (Å²) in [6.45, 7) is 2.30. The van der Waals surface area contributed by atoms with Crippen molar-refractivity contribution in [3.63, 3.8) is 0 Å². The highest BCUT2D eigenvalue weighted by Crippen LogP contribution is 2.27. The van der Waals surface area contributed by atoms with E-state index in [2.05, 4.69) is 25.6 Å².